The summed E-state index contributed by atoms with van der Waals surface area (Å²) in [6.45, 7) is 14.1. The lowest BCUT2D eigenvalue weighted by molar-refractivity contribution is 0.590. The summed E-state index contributed by atoms with van der Waals surface area (Å²) in [5.41, 5.74) is 13.8. The van der Waals surface area contributed by atoms with E-state index in [1.54, 1.807) is 0 Å². The molecule has 1 nitrogen and oxygen atoms in total. The quantitative estimate of drug-likeness (QED) is 0.142. The van der Waals surface area contributed by atoms with Crippen LogP contribution in [0.3, 0.4) is 0 Å². The molecule has 7 aromatic carbocycles. The molecule has 44 heavy (non-hydrogen) atoms. The Balaban J connectivity index is 1.38. The fourth-order valence-electron chi connectivity index (χ4n) is 8.02. The Hall–Kier alpha value is -4.56. The van der Waals surface area contributed by atoms with Gasteiger partial charge in [0.25, 0.3) is 0 Å². The first-order valence-electron chi connectivity index (χ1n) is 16.0. The van der Waals surface area contributed by atoms with E-state index in [0.29, 0.717) is 0 Å². The molecule has 0 bridgehead atoms. The maximum absolute atomic E-state index is 2.59. The number of hydrogen-bond acceptors (Lipinski definition) is 1. The van der Waals surface area contributed by atoms with E-state index >= 15 is 0 Å². The Bertz CT molecular complexity index is 2300. The summed E-state index contributed by atoms with van der Waals surface area (Å²) in [5, 5.41) is 7.94. The highest BCUT2D eigenvalue weighted by Crippen LogP contribution is 2.46. The minimum absolute atomic E-state index is 0.0423. The lowest BCUT2D eigenvalue weighted by atomic mass is 9.37. The van der Waals surface area contributed by atoms with E-state index in [9.17, 15) is 0 Å². The van der Waals surface area contributed by atoms with Crippen LogP contribution in [0.25, 0.3) is 43.4 Å². The van der Waals surface area contributed by atoms with Crippen molar-refractivity contribution < 1.29 is 0 Å². The van der Waals surface area contributed by atoms with Crippen molar-refractivity contribution in [3.63, 3.8) is 0 Å². The Morgan fingerprint density at radius 1 is 0.477 bits per heavy atom. The second-order valence-electron chi connectivity index (χ2n) is 15.0. The molecule has 0 fully saturated rings. The van der Waals surface area contributed by atoms with Crippen molar-refractivity contribution >= 4 is 72.5 Å². The lowest BCUT2D eigenvalue weighted by Crippen LogP contribution is -2.54. The fourth-order valence-corrected chi connectivity index (χ4v) is 8.02. The summed E-state index contributed by atoms with van der Waals surface area (Å²) in [4.78, 5) is 2.59. The highest BCUT2D eigenvalue weighted by molar-refractivity contribution is 7.01. The van der Waals surface area contributed by atoms with Crippen molar-refractivity contribution in [1.82, 2.24) is 0 Å². The third kappa shape index (κ3) is 3.43. The molecule has 0 radical (unpaired) electrons. The molecule has 2 heteroatoms. The van der Waals surface area contributed by atoms with Gasteiger partial charge in [0, 0.05) is 16.8 Å². The van der Waals surface area contributed by atoms with Crippen LogP contribution >= 0.6 is 0 Å². The largest absolute Gasteiger partial charge is 0.311 e. The summed E-state index contributed by atoms with van der Waals surface area (Å²) in [6, 6.07) is 42.1. The van der Waals surface area contributed by atoms with Gasteiger partial charge in [0.1, 0.15) is 0 Å². The zero-order valence-corrected chi connectivity index (χ0v) is 26.4. The minimum Gasteiger partial charge on any atom is -0.311 e. The molecule has 0 aromatic heterocycles. The number of rotatable bonds is 1. The average molecular weight is 566 g/mol. The minimum atomic E-state index is 0.0423. The van der Waals surface area contributed by atoms with Crippen molar-refractivity contribution in [2.75, 3.05) is 4.90 Å². The zero-order valence-electron chi connectivity index (χ0n) is 26.4. The van der Waals surface area contributed by atoms with Crippen LogP contribution in [0.15, 0.2) is 109 Å². The number of benzene rings is 7. The number of nitrogens with zero attached hydrogens (tertiary/aromatic N) is 1. The van der Waals surface area contributed by atoms with Crippen LogP contribution in [0.1, 0.15) is 52.7 Å². The molecule has 0 amide bonds. The van der Waals surface area contributed by atoms with Gasteiger partial charge < -0.3 is 4.90 Å². The van der Waals surface area contributed by atoms with Gasteiger partial charge in [0.2, 0.25) is 6.71 Å². The van der Waals surface area contributed by atoms with Crippen LogP contribution in [0.4, 0.5) is 17.1 Å². The van der Waals surface area contributed by atoms with Gasteiger partial charge in [0.05, 0.1) is 5.69 Å². The van der Waals surface area contributed by atoms with Crippen molar-refractivity contribution in [2.45, 2.75) is 52.4 Å². The van der Waals surface area contributed by atoms with Gasteiger partial charge in [-0.25, -0.2) is 0 Å². The zero-order chi connectivity index (χ0) is 30.1. The molecule has 0 N–H and O–H groups in total. The van der Waals surface area contributed by atoms with Crippen LogP contribution in [0, 0.1) is 0 Å². The van der Waals surface area contributed by atoms with Gasteiger partial charge in [-0.1, -0.05) is 138 Å². The van der Waals surface area contributed by atoms with Gasteiger partial charge in [-0.15, -0.1) is 0 Å². The molecule has 0 saturated carbocycles. The monoisotopic (exact) mass is 565 g/mol. The summed E-state index contributed by atoms with van der Waals surface area (Å²) >= 11 is 0. The standard InChI is InChI=1S/C42H36BN/c1-41(2,3)28-17-20-33-32(23-28)30-11-8-12-36-40(30)43(33)34-21-18-29(42(4,5)6)24-37(34)44(36)35-22-16-27-14-13-25-9-7-10-26-15-19-31(35)39(27)38(25)26/h7-24H,1-6H3. The molecule has 0 unspecified atom stereocenters. The van der Waals surface area contributed by atoms with Crippen molar-refractivity contribution in [1.29, 1.82) is 0 Å². The topological polar surface area (TPSA) is 3.24 Å². The highest BCUT2D eigenvalue weighted by atomic mass is 15.2. The van der Waals surface area contributed by atoms with Crippen molar-refractivity contribution in [2.24, 2.45) is 0 Å². The normalized spacial score (nSPS) is 14.0. The van der Waals surface area contributed by atoms with Gasteiger partial charge in [-0.05, 0) is 89.1 Å². The van der Waals surface area contributed by atoms with Crippen molar-refractivity contribution in [3.8, 4) is 11.1 Å². The second kappa shape index (κ2) is 8.54. The predicted molar refractivity (Wildman–Crippen MR) is 192 cm³/mol. The van der Waals surface area contributed by atoms with E-state index in [-0.39, 0.29) is 17.5 Å². The molecule has 9 rings (SSSR count). The van der Waals surface area contributed by atoms with Crippen LogP contribution < -0.4 is 21.3 Å². The Morgan fingerprint density at radius 3 is 1.82 bits per heavy atom. The summed E-state index contributed by atoms with van der Waals surface area (Å²) < 4.78 is 0. The SMILES string of the molecule is CC(C)(C)c1ccc2c(c1)-c1cccc3c1B2c1ccc(C(C)(C)C)cc1N3c1ccc2ccc3cccc4ccc1c2c34. The van der Waals surface area contributed by atoms with Crippen LogP contribution in [0.2, 0.25) is 0 Å². The third-order valence-electron chi connectivity index (χ3n) is 10.3. The van der Waals surface area contributed by atoms with Crippen molar-refractivity contribution in [3.05, 3.63) is 120 Å². The Labute approximate surface area is 260 Å². The van der Waals surface area contributed by atoms with E-state index in [1.165, 1.54) is 88.0 Å². The van der Waals surface area contributed by atoms with Gasteiger partial charge in [-0.2, -0.15) is 0 Å². The average Bonchev–Trinajstić information content (AvgIpc) is 3.34. The first-order valence-corrected chi connectivity index (χ1v) is 16.0. The molecule has 0 spiro atoms. The maximum Gasteiger partial charge on any atom is 0.248 e. The molecule has 7 aromatic rings. The van der Waals surface area contributed by atoms with E-state index in [0.717, 1.165) is 0 Å². The first-order chi connectivity index (χ1) is 21.1. The highest BCUT2D eigenvalue weighted by Gasteiger charge is 2.43. The fraction of sp³-hybridized carbons (Fsp3) is 0.190. The van der Waals surface area contributed by atoms with Crippen LogP contribution in [-0.4, -0.2) is 6.71 Å². The molecular formula is C42H36BN. The molecule has 2 aliphatic heterocycles. The molecule has 212 valence electrons. The predicted octanol–water partition coefficient (Wildman–Crippen LogP) is 9.46. The van der Waals surface area contributed by atoms with E-state index in [2.05, 4.69) is 156 Å². The number of fused-ring (bicyclic) bond motifs is 5. The molecule has 2 aliphatic rings. The van der Waals surface area contributed by atoms with Crippen LogP contribution in [0.5, 0.6) is 0 Å². The molecule has 0 aliphatic carbocycles. The number of hydrogen-bond donors (Lipinski definition) is 0. The number of anilines is 3. The van der Waals surface area contributed by atoms with Crippen LogP contribution in [-0.2, 0) is 10.8 Å². The summed E-state index contributed by atoms with van der Waals surface area (Å²) in [5.74, 6) is 0. The van der Waals surface area contributed by atoms with Gasteiger partial charge in [0.15, 0.2) is 0 Å². The molecule has 2 heterocycles. The van der Waals surface area contributed by atoms with E-state index in [4.69, 9.17) is 0 Å². The molecular weight excluding hydrogens is 529 g/mol. The Morgan fingerprint density at radius 2 is 1.09 bits per heavy atom. The molecule has 0 saturated heterocycles. The van der Waals surface area contributed by atoms with E-state index in [1.807, 2.05) is 0 Å². The first kappa shape index (κ1) is 25.9. The summed E-state index contributed by atoms with van der Waals surface area (Å²) in [6.07, 6.45) is 0. The molecule has 0 atom stereocenters. The second-order valence-corrected chi connectivity index (χ2v) is 15.0. The van der Waals surface area contributed by atoms with E-state index < -0.39 is 0 Å². The Kier molecular flexibility index (Phi) is 5.03. The lowest BCUT2D eigenvalue weighted by Gasteiger charge is -2.37. The van der Waals surface area contributed by atoms with Gasteiger partial charge >= 0.3 is 0 Å². The summed E-state index contributed by atoms with van der Waals surface area (Å²) in [7, 11) is 0. The third-order valence-corrected chi connectivity index (χ3v) is 10.3. The smallest absolute Gasteiger partial charge is 0.248 e. The maximum atomic E-state index is 2.59. The van der Waals surface area contributed by atoms with Gasteiger partial charge in [-0.3, -0.25) is 0 Å².